The van der Waals surface area contributed by atoms with Crippen molar-refractivity contribution in [2.24, 2.45) is 5.73 Å². The van der Waals surface area contributed by atoms with E-state index < -0.39 is 0 Å². The van der Waals surface area contributed by atoms with Gasteiger partial charge in [0.2, 0.25) is 0 Å². The lowest BCUT2D eigenvalue weighted by molar-refractivity contribution is 0.0790. The highest BCUT2D eigenvalue weighted by atomic mass is 79.9. The van der Waals surface area contributed by atoms with Crippen molar-refractivity contribution in [3.05, 3.63) is 33.8 Å². The second-order valence-electron chi connectivity index (χ2n) is 4.28. The van der Waals surface area contributed by atoms with Gasteiger partial charge in [0.25, 0.3) is 5.91 Å². The van der Waals surface area contributed by atoms with E-state index in [4.69, 9.17) is 5.73 Å². The lowest BCUT2D eigenvalue weighted by Crippen LogP contribution is -2.32. The average Bonchev–Trinajstić information content (AvgIpc) is 2.64. The van der Waals surface area contributed by atoms with Crippen molar-refractivity contribution in [1.82, 2.24) is 4.90 Å². The van der Waals surface area contributed by atoms with Gasteiger partial charge in [0.05, 0.1) is 5.56 Å². The van der Waals surface area contributed by atoms with E-state index in [0.717, 1.165) is 28.6 Å². The molecule has 1 atom stereocenters. The number of aryl methyl sites for hydroxylation is 1. The van der Waals surface area contributed by atoms with Gasteiger partial charge >= 0.3 is 0 Å². The monoisotopic (exact) mass is 318 g/mol. The van der Waals surface area contributed by atoms with Crippen LogP contribution in [0.15, 0.2) is 22.7 Å². The number of carbonyl (C=O) groups is 1. The summed E-state index contributed by atoms with van der Waals surface area (Å²) >= 11 is 3.43. The molecule has 2 rings (SSSR count). The van der Waals surface area contributed by atoms with Crippen molar-refractivity contribution < 1.29 is 4.79 Å². The largest absolute Gasteiger partial charge is 0.337 e. The van der Waals surface area contributed by atoms with Crippen molar-refractivity contribution in [1.29, 1.82) is 0 Å². The topological polar surface area (TPSA) is 46.3 Å². The summed E-state index contributed by atoms with van der Waals surface area (Å²) < 4.78 is 0.859. The second kappa shape index (κ2) is 5.85. The van der Waals surface area contributed by atoms with Gasteiger partial charge in [-0.25, -0.2) is 0 Å². The fourth-order valence-corrected chi connectivity index (χ4v) is 2.60. The van der Waals surface area contributed by atoms with Gasteiger partial charge in [-0.3, -0.25) is 4.79 Å². The van der Waals surface area contributed by atoms with Crippen LogP contribution in [0.3, 0.4) is 0 Å². The maximum atomic E-state index is 12.2. The molecule has 1 amide bonds. The number of likely N-dealkylation sites (tertiary alicyclic amines) is 1. The van der Waals surface area contributed by atoms with Crippen LogP contribution >= 0.6 is 28.3 Å². The Bertz CT molecular complexity index is 425. The second-order valence-corrected chi connectivity index (χ2v) is 5.14. The van der Waals surface area contributed by atoms with Crippen LogP contribution in [-0.2, 0) is 0 Å². The molecule has 3 nitrogen and oxygen atoms in total. The third-order valence-corrected chi connectivity index (χ3v) is 3.52. The molecule has 0 bridgehead atoms. The van der Waals surface area contributed by atoms with Crippen molar-refractivity contribution in [3.63, 3.8) is 0 Å². The number of hydrogen-bond acceptors (Lipinski definition) is 2. The third-order valence-electron chi connectivity index (χ3n) is 2.87. The molecule has 17 heavy (non-hydrogen) atoms. The van der Waals surface area contributed by atoms with Gasteiger partial charge < -0.3 is 10.6 Å². The van der Waals surface area contributed by atoms with Crippen LogP contribution in [0, 0.1) is 6.92 Å². The van der Waals surface area contributed by atoms with Gasteiger partial charge in [-0.1, -0.05) is 6.07 Å². The van der Waals surface area contributed by atoms with Crippen LogP contribution < -0.4 is 5.73 Å². The molecule has 1 fully saturated rings. The smallest absolute Gasteiger partial charge is 0.255 e. The molecule has 2 N–H and O–H groups in total. The van der Waals surface area contributed by atoms with Gasteiger partial charge in [0, 0.05) is 23.6 Å². The van der Waals surface area contributed by atoms with Gasteiger partial charge in [-0.2, -0.15) is 0 Å². The van der Waals surface area contributed by atoms with E-state index in [1.807, 2.05) is 30.0 Å². The van der Waals surface area contributed by atoms with Crippen LogP contribution in [-0.4, -0.2) is 29.9 Å². The summed E-state index contributed by atoms with van der Waals surface area (Å²) in [5.41, 5.74) is 7.66. The third kappa shape index (κ3) is 3.21. The molecular weight excluding hydrogens is 304 g/mol. The first-order chi connectivity index (χ1) is 7.58. The fourth-order valence-electron chi connectivity index (χ4n) is 1.94. The van der Waals surface area contributed by atoms with Crippen LogP contribution in [0.1, 0.15) is 22.3 Å². The minimum Gasteiger partial charge on any atom is -0.337 e. The quantitative estimate of drug-likeness (QED) is 0.863. The Kier molecular flexibility index (Phi) is 4.98. The Morgan fingerprint density at radius 2 is 2.24 bits per heavy atom. The summed E-state index contributed by atoms with van der Waals surface area (Å²) in [7, 11) is 0. The highest BCUT2D eigenvalue weighted by molar-refractivity contribution is 9.10. The summed E-state index contributed by atoms with van der Waals surface area (Å²) in [5, 5.41) is 0. The van der Waals surface area contributed by atoms with Crippen LogP contribution in [0.5, 0.6) is 0 Å². The van der Waals surface area contributed by atoms with Crippen molar-refractivity contribution in [2.45, 2.75) is 19.4 Å². The lowest BCUT2D eigenvalue weighted by atomic mass is 10.1. The summed E-state index contributed by atoms with van der Waals surface area (Å²) in [4.78, 5) is 14.0. The Balaban J connectivity index is 0.00000144. The van der Waals surface area contributed by atoms with E-state index in [2.05, 4.69) is 15.9 Å². The van der Waals surface area contributed by atoms with E-state index in [1.165, 1.54) is 0 Å². The number of amides is 1. The predicted molar refractivity (Wildman–Crippen MR) is 74.6 cm³/mol. The maximum absolute atomic E-state index is 12.2. The van der Waals surface area contributed by atoms with Gasteiger partial charge in [-0.15, -0.1) is 12.4 Å². The molecule has 0 unspecified atom stereocenters. The van der Waals surface area contributed by atoms with E-state index in [9.17, 15) is 4.79 Å². The minimum atomic E-state index is 0. The first-order valence-electron chi connectivity index (χ1n) is 5.39. The molecule has 0 radical (unpaired) electrons. The Labute approximate surface area is 116 Å². The lowest BCUT2D eigenvalue weighted by Gasteiger charge is -2.16. The number of rotatable bonds is 1. The summed E-state index contributed by atoms with van der Waals surface area (Å²) in [6, 6.07) is 5.91. The standard InChI is InChI=1S/C12H15BrN2O.ClH/c1-8-2-3-10(11(13)6-8)12(16)15-5-4-9(14)7-15;/h2-3,6,9H,4-5,7,14H2,1H3;1H/t9-;/m1./s1. The minimum absolute atomic E-state index is 0. The zero-order valence-electron chi connectivity index (χ0n) is 9.65. The molecule has 5 heteroatoms. The number of carbonyl (C=O) groups excluding carboxylic acids is 1. The fraction of sp³-hybridized carbons (Fsp3) is 0.417. The Morgan fingerprint density at radius 1 is 1.53 bits per heavy atom. The Hall–Kier alpha value is -0.580. The normalized spacial score (nSPS) is 19.0. The average molecular weight is 320 g/mol. The SMILES string of the molecule is Cc1ccc(C(=O)N2CC[C@@H](N)C2)c(Br)c1.Cl. The number of benzene rings is 1. The molecule has 1 aliphatic heterocycles. The first-order valence-corrected chi connectivity index (χ1v) is 6.18. The molecule has 0 spiro atoms. The first kappa shape index (κ1) is 14.5. The molecule has 1 aliphatic rings. The van der Waals surface area contributed by atoms with Crippen molar-refractivity contribution >= 4 is 34.2 Å². The molecule has 0 aromatic heterocycles. The number of hydrogen-bond donors (Lipinski definition) is 1. The summed E-state index contributed by atoms with van der Waals surface area (Å²) in [5.74, 6) is 0.0693. The van der Waals surface area contributed by atoms with Crippen LogP contribution in [0.4, 0.5) is 0 Å². The van der Waals surface area contributed by atoms with Crippen LogP contribution in [0.2, 0.25) is 0 Å². The van der Waals surface area contributed by atoms with Crippen molar-refractivity contribution in [3.8, 4) is 0 Å². The number of nitrogens with two attached hydrogens (primary N) is 1. The number of nitrogens with zero attached hydrogens (tertiary/aromatic N) is 1. The van der Waals surface area contributed by atoms with Crippen molar-refractivity contribution in [2.75, 3.05) is 13.1 Å². The summed E-state index contributed by atoms with van der Waals surface area (Å²) in [6.07, 6.45) is 0.898. The number of halogens is 2. The van der Waals surface area contributed by atoms with Gasteiger partial charge in [0.15, 0.2) is 0 Å². The highest BCUT2D eigenvalue weighted by Gasteiger charge is 2.25. The Morgan fingerprint density at radius 3 is 2.76 bits per heavy atom. The van der Waals surface area contributed by atoms with E-state index in [0.29, 0.717) is 6.54 Å². The molecule has 94 valence electrons. The highest BCUT2D eigenvalue weighted by Crippen LogP contribution is 2.21. The predicted octanol–water partition coefficient (Wildman–Crippen LogP) is 2.35. The molecule has 0 saturated carbocycles. The van der Waals surface area contributed by atoms with E-state index in [1.54, 1.807) is 0 Å². The van der Waals surface area contributed by atoms with Gasteiger partial charge in [0.1, 0.15) is 0 Å². The zero-order valence-corrected chi connectivity index (χ0v) is 12.1. The van der Waals surface area contributed by atoms with E-state index >= 15 is 0 Å². The maximum Gasteiger partial charge on any atom is 0.255 e. The molecule has 0 aliphatic carbocycles. The van der Waals surface area contributed by atoms with Crippen LogP contribution in [0.25, 0.3) is 0 Å². The molecule has 1 saturated heterocycles. The summed E-state index contributed by atoms with van der Waals surface area (Å²) in [6.45, 7) is 3.43. The molecule has 1 heterocycles. The van der Waals surface area contributed by atoms with Gasteiger partial charge in [-0.05, 0) is 47.0 Å². The molecule has 1 aromatic carbocycles. The zero-order chi connectivity index (χ0) is 11.7. The molecule has 1 aromatic rings. The molecular formula is C12H16BrClN2O. The van der Waals surface area contributed by atoms with E-state index in [-0.39, 0.29) is 24.4 Å².